The molecule has 0 bridgehead atoms. The average molecular weight is 190 g/mol. The van der Waals surface area contributed by atoms with Crippen molar-refractivity contribution < 1.29 is 4.79 Å². The van der Waals surface area contributed by atoms with E-state index in [2.05, 4.69) is 22.1 Å². The third kappa shape index (κ3) is 2.49. The molecule has 0 amide bonds. The van der Waals surface area contributed by atoms with Gasteiger partial charge in [-0.15, -0.1) is 0 Å². The van der Waals surface area contributed by atoms with E-state index in [0.717, 1.165) is 30.2 Å². The smallest absolute Gasteiger partial charge is 0.116 e. The number of hydrogen-bond donors (Lipinski definition) is 0. The third-order valence-corrected chi connectivity index (χ3v) is 1.97. The van der Waals surface area contributed by atoms with Gasteiger partial charge in [0.2, 0.25) is 0 Å². The van der Waals surface area contributed by atoms with Crippen molar-refractivity contribution in [3.05, 3.63) is 22.6 Å². The molecule has 1 aliphatic rings. The van der Waals surface area contributed by atoms with E-state index in [4.69, 9.17) is 4.79 Å². The Labute approximate surface area is 83.2 Å². The summed E-state index contributed by atoms with van der Waals surface area (Å²) in [6.45, 7) is 3.47. The first-order valence-corrected chi connectivity index (χ1v) is 4.67. The molecule has 1 aliphatic carbocycles. The Kier molecular flexibility index (Phi) is 3.98. The monoisotopic (exact) mass is 190 g/mol. The van der Waals surface area contributed by atoms with Crippen LogP contribution in [0.1, 0.15) is 25.5 Å². The zero-order chi connectivity index (χ0) is 10.4. The van der Waals surface area contributed by atoms with Crippen LogP contribution in [0.2, 0.25) is 0 Å². The zero-order valence-corrected chi connectivity index (χ0v) is 8.53. The minimum atomic E-state index is 0.750. The van der Waals surface area contributed by atoms with Crippen LogP contribution < -0.4 is 10.6 Å². The van der Waals surface area contributed by atoms with Gasteiger partial charge in [-0.2, -0.15) is 0 Å². The number of rotatable bonds is 0. The van der Waals surface area contributed by atoms with Gasteiger partial charge < -0.3 is 4.79 Å². The highest BCUT2D eigenvalue weighted by molar-refractivity contribution is 5.44. The Morgan fingerprint density at radius 3 is 2.57 bits per heavy atom. The second-order valence-corrected chi connectivity index (χ2v) is 2.98. The second kappa shape index (κ2) is 5.27. The van der Waals surface area contributed by atoms with Gasteiger partial charge in [-0.1, -0.05) is 12.2 Å². The second-order valence-electron chi connectivity index (χ2n) is 2.98. The SMILES string of the molecule is CC=O.Cc1ncnc2c1=CCCC=2. The third-order valence-electron chi connectivity index (χ3n) is 1.97. The van der Waals surface area contributed by atoms with Crippen LogP contribution in [0.3, 0.4) is 0 Å². The van der Waals surface area contributed by atoms with Gasteiger partial charge in [0, 0.05) is 10.9 Å². The molecule has 3 nitrogen and oxygen atoms in total. The number of aryl methyl sites for hydroxylation is 1. The lowest BCUT2D eigenvalue weighted by molar-refractivity contribution is -0.106. The van der Waals surface area contributed by atoms with E-state index >= 15 is 0 Å². The molecule has 0 spiro atoms. The Bertz CT molecular complexity index is 423. The lowest BCUT2D eigenvalue weighted by atomic mass is 10.1. The van der Waals surface area contributed by atoms with E-state index in [0.29, 0.717) is 0 Å². The zero-order valence-electron chi connectivity index (χ0n) is 8.53. The molecule has 1 heterocycles. The largest absolute Gasteiger partial charge is 0.304 e. The number of aromatic nitrogens is 2. The van der Waals surface area contributed by atoms with Gasteiger partial charge in [-0.25, -0.2) is 9.97 Å². The molecule has 74 valence electrons. The maximum absolute atomic E-state index is 8.81. The van der Waals surface area contributed by atoms with Gasteiger partial charge in [-0.3, -0.25) is 0 Å². The molecule has 0 fully saturated rings. The molecule has 0 saturated carbocycles. The summed E-state index contributed by atoms with van der Waals surface area (Å²) in [7, 11) is 0. The Morgan fingerprint density at radius 1 is 1.29 bits per heavy atom. The fourth-order valence-electron chi connectivity index (χ4n) is 1.36. The van der Waals surface area contributed by atoms with Gasteiger partial charge in [0.05, 0.1) is 5.35 Å². The predicted octanol–water partition coefficient (Wildman–Crippen LogP) is 0.345. The van der Waals surface area contributed by atoms with Crippen LogP contribution in [0.25, 0.3) is 12.2 Å². The van der Waals surface area contributed by atoms with Crippen LogP contribution >= 0.6 is 0 Å². The summed E-state index contributed by atoms with van der Waals surface area (Å²) in [5.41, 5.74) is 1.09. The molecule has 0 saturated heterocycles. The van der Waals surface area contributed by atoms with Crippen LogP contribution in [0.15, 0.2) is 6.33 Å². The van der Waals surface area contributed by atoms with Crippen molar-refractivity contribution in [2.24, 2.45) is 0 Å². The van der Waals surface area contributed by atoms with Crippen LogP contribution in [-0.2, 0) is 4.79 Å². The molecule has 0 atom stereocenters. The first-order chi connectivity index (χ1) is 6.79. The summed E-state index contributed by atoms with van der Waals surface area (Å²) in [6.07, 6.45) is 9.00. The molecule has 14 heavy (non-hydrogen) atoms. The summed E-state index contributed by atoms with van der Waals surface area (Å²) < 4.78 is 0. The van der Waals surface area contributed by atoms with Gasteiger partial charge in [0.15, 0.2) is 0 Å². The molecule has 0 radical (unpaired) electrons. The topological polar surface area (TPSA) is 42.9 Å². The van der Waals surface area contributed by atoms with E-state index in [1.165, 1.54) is 12.1 Å². The lowest BCUT2D eigenvalue weighted by Crippen LogP contribution is -2.33. The van der Waals surface area contributed by atoms with Crippen LogP contribution in [-0.4, -0.2) is 16.3 Å². The van der Waals surface area contributed by atoms with Crippen molar-refractivity contribution in [3.63, 3.8) is 0 Å². The summed E-state index contributed by atoms with van der Waals surface area (Å²) >= 11 is 0. The number of carbonyl (C=O) groups excluding carboxylic acids is 1. The van der Waals surface area contributed by atoms with Crippen LogP contribution in [0.4, 0.5) is 0 Å². The first-order valence-electron chi connectivity index (χ1n) is 4.67. The highest BCUT2D eigenvalue weighted by Gasteiger charge is 1.96. The highest BCUT2D eigenvalue weighted by atomic mass is 16.1. The summed E-state index contributed by atoms with van der Waals surface area (Å²) in [4.78, 5) is 17.1. The van der Waals surface area contributed by atoms with Crippen molar-refractivity contribution in [2.75, 3.05) is 0 Å². The van der Waals surface area contributed by atoms with Crippen molar-refractivity contribution in [1.29, 1.82) is 0 Å². The highest BCUT2D eigenvalue weighted by Crippen LogP contribution is 1.93. The van der Waals surface area contributed by atoms with Crippen molar-refractivity contribution in [2.45, 2.75) is 26.7 Å². The van der Waals surface area contributed by atoms with E-state index < -0.39 is 0 Å². The van der Waals surface area contributed by atoms with Crippen molar-refractivity contribution in [3.8, 4) is 0 Å². The quantitative estimate of drug-likeness (QED) is 0.554. The molecule has 1 aromatic rings. The standard InChI is InChI=1S/C9H10N2.C2H4O/c1-7-8-4-2-3-5-9(8)11-6-10-7;1-2-3/h4-6H,2-3H2,1H3;2H,1H3. The summed E-state index contributed by atoms with van der Waals surface area (Å²) in [5, 5.41) is 2.32. The van der Waals surface area contributed by atoms with Crippen LogP contribution in [0, 0.1) is 6.92 Å². The number of hydrogen-bond acceptors (Lipinski definition) is 3. The molecule has 0 N–H and O–H groups in total. The summed E-state index contributed by atoms with van der Waals surface area (Å²) in [5.74, 6) is 0. The molecule has 3 heteroatoms. The molecular weight excluding hydrogens is 176 g/mol. The maximum Gasteiger partial charge on any atom is 0.116 e. The first kappa shape index (κ1) is 10.6. The van der Waals surface area contributed by atoms with E-state index in [9.17, 15) is 0 Å². The van der Waals surface area contributed by atoms with E-state index in [-0.39, 0.29) is 0 Å². The van der Waals surface area contributed by atoms with Gasteiger partial charge in [0.1, 0.15) is 12.6 Å². The van der Waals surface area contributed by atoms with Gasteiger partial charge in [-0.05, 0) is 26.7 Å². The van der Waals surface area contributed by atoms with Gasteiger partial charge in [0.25, 0.3) is 0 Å². The molecule has 1 aromatic heterocycles. The number of fused-ring (bicyclic) bond motifs is 1. The Morgan fingerprint density at radius 2 is 1.93 bits per heavy atom. The molecule has 0 aliphatic heterocycles. The van der Waals surface area contributed by atoms with E-state index in [1.807, 2.05) is 6.92 Å². The average Bonchev–Trinajstić information content (AvgIpc) is 2.20. The van der Waals surface area contributed by atoms with Crippen molar-refractivity contribution >= 4 is 18.4 Å². The number of nitrogens with zero attached hydrogens (tertiary/aromatic N) is 2. The summed E-state index contributed by atoms with van der Waals surface area (Å²) in [6, 6.07) is 0. The minimum absolute atomic E-state index is 0.750. The predicted molar refractivity (Wildman–Crippen MR) is 55.9 cm³/mol. The fraction of sp³-hybridized carbons (Fsp3) is 0.364. The maximum atomic E-state index is 8.81. The molecular formula is C11H14N2O. The Balaban J connectivity index is 0.000000293. The van der Waals surface area contributed by atoms with Crippen LogP contribution in [0.5, 0.6) is 0 Å². The molecule has 0 aromatic carbocycles. The molecule has 0 unspecified atom stereocenters. The fourth-order valence-corrected chi connectivity index (χ4v) is 1.36. The lowest BCUT2D eigenvalue weighted by Gasteiger charge is -1.99. The minimum Gasteiger partial charge on any atom is -0.304 e. The number of carbonyl (C=O) groups is 1. The molecule has 2 rings (SSSR count). The van der Waals surface area contributed by atoms with E-state index in [1.54, 1.807) is 6.33 Å². The van der Waals surface area contributed by atoms with Crippen molar-refractivity contribution in [1.82, 2.24) is 9.97 Å². The number of aldehydes is 1. The Hall–Kier alpha value is -1.51. The normalized spacial score (nSPS) is 12.4. The van der Waals surface area contributed by atoms with Gasteiger partial charge >= 0.3 is 0 Å².